The Bertz CT molecular complexity index is 1200. The van der Waals surface area contributed by atoms with Gasteiger partial charge in [0.05, 0.1) is 36.5 Å². The maximum absolute atomic E-state index is 13.1. The van der Waals surface area contributed by atoms with E-state index >= 15 is 0 Å². The largest absolute Gasteiger partial charge is 0.595 e. The van der Waals surface area contributed by atoms with E-state index in [1.807, 2.05) is 0 Å². The number of benzene rings is 2. The fraction of sp³-hybridized carbons (Fsp3) is 0.391. The molecule has 2 aromatic rings. The van der Waals surface area contributed by atoms with Crippen LogP contribution in [0.5, 0.6) is 0 Å². The highest BCUT2D eigenvalue weighted by atomic mass is 16.8. The molecule has 224 valence electrons. The molecule has 4 rings (SSSR count). The maximum Gasteiger partial charge on any atom is 0.339 e. The van der Waals surface area contributed by atoms with Crippen LogP contribution in [0, 0.1) is 20.8 Å². The third-order valence-corrected chi connectivity index (χ3v) is 6.60. The Morgan fingerprint density at radius 2 is 1.20 bits per heavy atom. The van der Waals surface area contributed by atoms with Gasteiger partial charge in [-0.2, -0.15) is 20.9 Å². The van der Waals surface area contributed by atoms with Gasteiger partial charge in [-0.3, -0.25) is 0 Å². The summed E-state index contributed by atoms with van der Waals surface area (Å²) in [5.74, 6) is -3.52. The van der Waals surface area contributed by atoms with E-state index in [1.54, 1.807) is 0 Å². The van der Waals surface area contributed by atoms with Crippen molar-refractivity contribution >= 4 is 34.7 Å². The van der Waals surface area contributed by atoms with Crippen LogP contribution in [0.15, 0.2) is 36.4 Å². The topological polar surface area (TPSA) is 262 Å². The van der Waals surface area contributed by atoms with Crippen LogP contribution in [-0.4, -0.2) is 64.0 Å². The van der Waals surface area contributed by atoms with Crippen LogP contribution in [0.3, 0.4) is 0 Å². The quantitative estimate of drug-likeness (QED) is 0.117. The van der Waals surface area contributed by atoms with Crippen molar-refractivity contribution in [3.63, 3.8) is 0 Å². The minimum Gasteiger partial charge on any atom is -0.595 e. The lowest BCUT2D eigenvalue weighted by Gasteiger charge is -2.46. The first-order valence-corrected chi connectivity index (χ1v) is 12.3. The summed E-state index contributed by atoms with van der Waals surface area (Å²) in [6, 6.07) is 5.62. The molecule has 0 radical (unpaired) electrons. The third kappa shape index (κ3) is 7.19. The molecule has 0 amide bonds. The molecule has 18 nitrogen and oxygen atoms in total. The van der Waals surface area contributed by atoms with Crippen molar-refractivity contribution in [1.29, 1.82) is 0 Å². The summed E-state index contributed by atoms with van der Waals surface area (Å²) in [6.45, 7) is 0.0813. The molecule has 7 unspecified atom stereocenters. The number of hydrogen-bond donors (Lipinski definition) is 8. The van der Waals surface area contributed by atoms with Crippen LogP contribution < -0.4 is 20.9 Å². The Balaban J connectivity index is 1.56. The standard InChI is InChI=1S/C23H28N4O14/c28-21(13-5-15(24(30)31)9-16(6-13)25(32)33)40-19-11-20(23(39-12-19)3-1-2-4-38-23)41-22(29)14-7-17(26(34)35)10-18(8-14)27(36)37/h5-10,19-20,24-27,30,32,34,36H,1-4,11-12H2. The van der Waals surface area contributed by atoms with Crippen molar-refractivity contribution in [2.75, 3.05) is 13.2 Å². The fourth-order valence-electron chi connectivity index (χ4n) is 4.59. The number of hydrogen-bond acceptors (Lipinski definition) is 14. The van der Waals surface area contributed by atoms with Gasteiger partial charge in [0.1, 0.15) is 6.10 Å². The molecule has 2 aliphatic heterocycles. The molecule has 7 atom stereocenters. The monoisotopic (exact) mass is 584 g/mol. The van der Waals surface area contributed by atoms with Crippen LogP contribution in [0.1, 0.15) is 46.4 Å². The first-order valence-electron chi connectivity index (χ1n) is 12.3. The molecule has 1 spiro atoms. The van der Waals surface area contributed by atoms with Gasteiger partial charge in [-0.05, 0) is 12.8 Å². The Morgan fingerprint density at radius 1 is 0.732 bits per heavy atom. The molecule has 0 aromatic heterocycles. The lowest BCUT2D eigenvalue weighted by Crippen LogP contribution is -3.00. The molecule has 2 saturated heterocycles. The third-order valence-electron chi connectivity index (χ3n) is 6.60. The number of carbonyl (C=O) groups excluding carboxylic acids is 2. The smallest absolute Gasteiger partial charge is 0.339 e. The zero-order valence-corrected chi connectivity index (χ0v) is 21.2. The van der Waals surface area contributed by atoms with E-state index in [4.69, 9.17) is 18.9 Å². The predicted octanol–water partition coefficient (Wildman–Crippen LogP) is -2.63. The van der Waals surface area contributed by atoms with Gasteiger partial charge in [-0.1, -0.05) is 0 Å². The number of ether oxygens (including phenoxy) is 4. The van der Waals surface area contributed by atoms with Gasteiger partial charge in [0.25, 0.3) is 0 Å². The van der Waals surface area contributed by atoms with Crippen LogP contribution in [0.25, 0.3) is 0 Å². The van der Waals surface area contributed by atoms with Crippen LogP contribution in [-0.2, 0) is 18.9 Å². The second-order valence-electron chi connectivity index (χ2n) is 9.40. The highest BCUT2D eigenvalue weighted by molar-refractivity contribution is 5.92. The SMILES string of the molecule is O=C(OC1COC2(CCCCO2)C(OC(=O)c2cc([NH+]([O-])O)cc([NH+]([O-])O)c2)C1)c1cc([NH+]([O-])O)cc([NH+]([O-])O)c1. The van der Waals surface area contributed by atoms with E-state index in [0.29, 0.717) is 19.3 Å². The van der Waals surface area contributed by atoms with E-state index in [2.05, 4.69) is 0 Å². The van der Waals surface area contributed by atoms with Gasteiger partial charge in [0.2, 0.25) is 5.79 Å². The Morgan fingerprint density at radius 3 is 1.61 bits per heavy atom. The lowest BCUT2D eigenvalue weighted by atomic mass is 9.93. The molecule has 2 fully saturated rings. The summed E-state index contributed by atoms with van der Waals surface area (Å²) >= 11 is 0. The van der Waals surface area contributed by atoms with Crippen molar-refractivity contribution in [2.45, 2.75) is 43.7 Å². The summed E-state index contributed by atoms with van der Waals surface area (Å²) in [6.07, 6.45) is -0.702. The molecule has 41 heavy (non-hydrogen) atoms. The fourth-order valence-corrected chi connectivity index (χ4v) is 4.59. The summed E-state index contributed by atoms with van der Waals surface area (Å²) in [7, 11) is 0. The van der Waals surface area contributed by atoms with Crippen LogP contribution >= 0.6 is 0 Å². The van der Waals surface area contributed by atoms with E-state index in [1.165, 1.54) is 0 Å². The molecule has 18 heteroatoms. The highest BCUT2D eigenvalue weighted by Crippen LogP contribution is 2.38. The van der Waals surface area contributed by atoms with E-state index < -0.39 is 73.6 Å². The van der Waals surface area contributed by atoms with Gasteiger partial charge in [-0.25, -0.2) is 30.4 Å². The maximum atomic E-state index is 13.1. The summed E-state index contributed by atoms with van der Waals surface area (Å²) in [5, 5.41) is 77.1. The molecule has 0 saturated carbocycles. The normalized spacial score (nSPS) is 25.7. The average molecular weight is 584 g/mol. The Kier molecular flexibility index (Phi) is 9.59. The van der Waals surface area contributed by atoms with E-state index in [9.17, 15) is 51.2 Å². The number of esters is 2. The van der Waals surface area contributed by atoms with Gasteiger partial charge >= 0.3 is 11.9 Å². The second kappa shape index (κ2) is 12.8. The molecular formula is C23H28N4O14. The summed E-state index contributed by atoms with van der Waals surface area (Å²) in [5.41, 5.74) is -2.46. The summed E-state index contributed by atoms with van der Waals surface area (Å²) < 4.78 is 22.8. The van der Waals surface area contributed by atoms with E-state index in [0.717, 1.165) is 36.4 Å². The van der Waals surface area contributed by atoms with Gasteiger partial charge in [-0.15, -0.1) is 0 Å². The number of carbonyl (C=O) groups is 2. The molecule has 2 heterocycles. The van der Waals surface area contributed by atoms with Crippen molar-refractivity contribution < 1.29 is 70.3 Å². The first-order chi connectivity index (χ1) is 19.4. The second-order valence-corrected chi connectivity index (χ2v) is 9.40. The average Bonchev–Trinajstić information content (AvgIpc) is 2.94. The first kappa shape index (κ1) is 30.8. The van der Waals surface area contributed by atoms with Gasteiger partial charge in [0, 0.05) is 37.1 Å². The van der Waals surface area contributed by atoms with Crippen LogP contribution in [0.2, 0.25) is 0 Å². The molecular weight excluding hydrogens is 556 g/mol. The van der Waals surface area contributed by atoms with Crippen molar-refractivity contribution in [1.82, 2.24) is 0 Å². The zero-order chi connectivity index (χ0) is 29.9. The van der Waals surface area contributed by atoms with Crippen molar-refractivity contribution in [3.05, 3.63) is 68.4 Å². The molecule has 0 aliphatic carbocycles. The minimum absolute atomic E-state index is 0.147. The number of rotatable bonds is 8. The minimum atomic E-state index is -1.46. The Labute approximate surface area is 230 Å². The number of quaternary nitrogens is 4. The zero-order valence-electron chi connectivity index (χ0n) is 21.2. The van der Waals surface area contributed by atoms with Gasteiger partial charge in [0.15, 0.2) is 28.9 Å². The van der Waals surface area contributed by atoms with Crippen molar-refractivity contribution in [3.8, 4) is 0 Å². The van der Waals surface area contributed by atoms with Crippen molar-refractivity contribution in [2.24, 2.45) is 0 Å². The Hall–Kier alpha value is -3.18. The molecule has 2 aromatic carbocycles. The molecule has 2 aliphatic rings. The lowest BCUT2D eigenvalue weighted by molar-refractivity contribution is -0.996. The van der Waals surface area contributed by atoms with Gasteiger partial charge < -0.3 is 39.8 Å². The van der Waals surface area contributed by atoms with Crippen LogP contribution in [0.4, 0.5) is 22.7 Å². The molecule has 0 bridgehead atoms. The summed E-state index contributed by atoms with van der Waals surface area (Å²) in [4.78, 5) is 26.0. The molecule has 8 N–H and O–H groups in total. The predicted molar refractivity (Wildman–Crippen MR) is 127 cm³/mol. The number of nitrogens with one attached hydrogen (secondary N) is 4. The highest BCUT2D eigenvalue weighted by Gasteiger charge is 2.50. The van der Waals surface area contributed by atoms with E-state index in [-0.39, 0.29) is 30.8 Å².